The number of carbonyl (C=O) groups is 1. The smallest absolute Gasteiger partial charge is 0.272 e. The van der Waals surface area contributed by atoms with Crippen LogP contribution in [0.2, 0.25) is 0 Å². The number of nitrogens with zero attached hydrogens (tertiary/aromatic N) is 3. The molecular weight excluding hydrogens is 426 g/mol. The summed E-state index contributed by atoms with van der Waals surface area (Å²) in [6.07, 6.45) is 6.06. The van der Waals surface area contributed by atoms with E-state index in [1.54, 1.807) is 0 Å². The van der Waals surface area contributed by atoms with Crippen LogP contribution in [-0.4, -0.2) is 52.0 Å². The Morgan fingerprint density at radius 3 is 2.50 bits per heavy atom. The van der Waals surface area contributed by atoms with Gasteiger partial charge in [0.15, 0.2) is 0 Å². The Labute approximate surface area is 203 Å². The van der Waals surface area contributed by atoms with Gasteiger partial charge in [0.2, 0.25) is 0 Å². The first-order valence-corrected chi connectivity index (χ1v) is 13.0. The SMILES string of the molecule is CCO[C@@H]1C[C@H](c2ccccc2)OC2(CCN(C(=O)c3cc(C4CC4)nn3C(C)(C)C)CC2)C1. The quantitative estimate of drug-likeness (QED) is 0.589. The van der Waals surface area contributed by atoms with Gasteiger partial charge in [-0.1, -0.05) is 30.3 Å². The summed E-state index contributed by atoms with van der Waals surface area (Å²) in [5.74, 6) is 0.627. The molecule has 1 aliphatic carbocycles. The average Bonchev–Trinajstić information content (AvgIpc) is 3.56. The van der Waals surface area contributed by atoms with Crippen molar-refractivity contribution < 1.29 is 14.3 Å². The van der Waals surface area contributed by atoms with Crippen molar-refractivity contribution in [1.29, 1.82) is 0 Å². The Bertz CT molecular complexity index is 998. The molecule has 5 rings (SSSR count). The summed E-state index contributed by atoms with van der Waals surface area (Å²) in [5.41, 5.74) is 2.55. The van der Waals surface area contributed by atoms with Crippen molar-refractivity contribution in [3.05, 3.63) is 53.3 Å². The summed E-state index contributed by atoms with van der Waals surface area (Å²) in [4.78, 5) is 15.7. The minimum absolute atomic E-state index is 0.0391. The third kappa shape index (κ3) is 4.80. The fourth-order valence-corrected chi connectivity index (χ4v) is 5.61. The van der Waals surface area contributed by atoms with Gasteiger partial charge >= 0.3 is 0 Å². The summed E-state index contributed by atoms with van der Waals surface area (Å²) in [6, 6.07) is 12.5. The second kappa shape index (κ2) is 9.12. The van der Waals surface area contributed by atoms with Crippen molar-refractivity contribution in [2.75, 3.05) is 19.7 Å². The van der Waals surface area contributed by atoms with Crippen molar-refractivity contribution >= 4 is 5.91 Å². The Hall–Kier alpha value is -2.18. The van der Waals surface area contributed by atoms with Gasteiger partial charge in [-0.15, -0.1) is 0 Å². The largest absolute Gasteiger partial charge is 0.378 e. The van der Waals surface area contributed by atoms with Gasteiger partial charge in [-0.25, -0.2) is 0 Å². The van der Waals surface area contributed by atoms with Crippen molar-refractivity contribution in [3.63, 3.8) is 0 Å². The van der Waals surface area contributed by atoms with E-state index in [1.807, 2.05) is 21.7 Å². The van der Waals surface area contributed by atoms with E-state index in [1.165, 1.54) is 18.4 Å². The first-order valence-electron chi connectivity index (χ1n) is 13.0. The normalized spacial score (nSPS) is 25.0. The third-order valence-corrected chi connectivity index (χ3v) is 7.58. The number of piperidine rings is 1. The van der Waals surface area contributed by atoms with E-state index in [2.05, 4.69) is 52.0 Å². The first-order chi connectivity index (χ1) is 16.3. The number of rotatable bonds is 5. The maximum Gasteiger partial charge on any atom is 0.272 e. The predicted octanol–water partition coefficient (Wildman–Crippen LogP) is 5.45. The molecule has 2 aliphatic heterocycles. The Kier molecular flexibility index (Phi) is 6.32. The van der Waals surface area contributed by atoms with E-state index in [-0.39, 0.29) is 29.3 Å². The molecule has 0 unspecified atom stereocenters. The van der Waals surface area contributed by atoms with E-state index in [9.17, 15) is 4.79 Å². The molecule has 184 valence electrons. The lowest BCUT2D eigenvalue weighted by atomic mass is 9.80. The van der Waals surface area contributed by atoms with Crippen LogP contribution in [0.3, 0.4) is 0 Å². The average molecular weight is 466 g/mol. The zero-order chi connectivity index (χ0) is 23.9. The number of hydrogen-bond acceptors (Lipinski definition) is 4. The number of amides is 1. The van der Waals surface area contributed by atoms with Gasteiger partial charge in [0.1, 0.15) is 5.69 Å². The molecule has 1 aromatic carbocycles. The van der Waals surface area contributed by atoms with Crippen LogP contribution < -0.4 is 0 Å². The van der Waals surface area contributed by atoms with Crippen molar-refractivity contribution in [2.24, 2.45) is 0 Å². The van der Waals surface area contributed by atoms with Crippen LogP contribution in [-0.2, 0) is 15.0 Å². The lowest BCUT2D eigenvalue weighted by Crippen LogP contribution is -2.53. The molecule has 3 aliphatic rings. The van der Waals surface area contributed by atoms with Gasteiger partial charge < -0.3 is 14.4 Å². The van der Waals surface area contributed by atoms with Crippen LogP contribution >= 0.6 is 0 Å². The van der Waals surface area contributed by atoms with Gasteiger partial charge in [-0.3, -0.25) is 9.48 Å². The Morgan fingerprint density at radius 2 is 1.88 bits per heavy atom. The summed E-state index contributed by atoms with van der Waals surface area (Å²) >= 11 is 0. The molecule has 1 spiro atoms. The topological polar surface area (TPSA) is 56.6 Å². The molecule has 0 radical (unpaired) electrons. The monoisotopic (exact) mass is 465 g/mol. The number of ether oxygens (including phenoxy) is 2. The molecule has 1 aromatic heterocycles. The van der Waals surface area contributed by atoms with Gasteiger partial charge in [-0.2, -0.15) is 5.10 Å². The second-order valence-corrected chi connectivity index (χ2v) is 11.3. The number of benzene rings is 1. The maximum absolute atomic E-state index is 13.6. The minimum atomic E-state index is -0.237. The standard InChI is InChI=1S/C28H39N3O3/c1-5-33-22-17-25(21-9-7-6-8-10-21)34-28(19-22)13-15-30(16-14-28)26(32)24-18-23(20-11-12-20)29-31(24)27(2,3)4/h6-10,18,20,22,25H,5,11-17,19H2,1-4H3/t22-,25-/m1/s1. The van der Waals surface area contributed by atoms with Crippen molar-refractivity contribution in [2.45, 2.75) is 95.5 Å². The predicted molar refractivity (Wildman–Crippen MR) is 132 cm³/mol. The van der Waals surface area contributed by atoms with Gasteiger partial charge in [0.25, 0.3) is 5.91 Å². The Morgan fingerprint density at radius 1 is 1.18 bits per heavy atom. The highest BCUT2D eigenvalue weighted by molar-refractivity contribution is 5.93. The van der Waals surface area contributed by atoms with Crippen LogP contribution in [0.4, 0.5) is 0 Å². The molecule has 1 amide bonds. The minimum Gasteiger partial charge on any atom is -0.378 e. The van der Waals surface area contributed by atoms with Crippen LogP contribution in [0.15, 0.2) is 36.4 Å². The molecule has 2 saturated heterocycles. The fourth-order valence-electron chi connectivity index (χ4n) is 5.61. The molecule has 2 aromatic rings. The lowest BCUT2D eigenvalue weighted by molar-refractivity contribution is -0.190. The van der Waals surface area contributed by atoms with E-state index in [0.29, 0.717) is 25.6 Å². The summed E-state index contributed by atoms with van der Waals surface area (Å²) in [7, 11) is 0. The highest BCUT2D eigenvalue weighted by atomic mass is 16.5. The zero-order valence-electron chi connectivity index (χ0n) is 21.1. The zero-order valence-corrected chi connectivity index (χ0v) is 21.1. The van der Waals surface area contributed by atoms with E-state index in [0.717, 1.165) is 37.1 Å². The van der Waals surface area contributed by atoms with Crippen LogP contribution in [0.1, 0.15) is 100.0 Å². The summed E-state index contributed by atoms with van der Waals surface area (Å²) in [6.45, 7) is 10.5. The van der Waals surface area contributed by atoms with Gasteiger partial charge in [-0.05, 0) is 65.0 Å². The summed E-state index contributed by atoms with van der Waals surface area (Å²) in [5, 5.41) is 4.84. The molecule has 0 bridgehead atoms. The number of hydrogen-bond donors (Lipinski definition) is 0. The molecule has 6 heteroatoms. The van der Waals surface area contributed by atoms with Gasteiger partial charge in [0, 0.05) is 38.5 Å². The highest BCUT2D eigenvalue weighted by Gasteiger charge is 2.45. The van der Waals surface area contributed by atoms with E-state index >= 15 is 0 Å². The number of aromatic nitrogens is 2. The third-order valence-electron chi connectivity index (χ3n) is 7.58. The molecule has 3 fully saturated rings. The maximum atomic E-state index is 13.6. The van der Waals surface area contributed by atoms with Crippen molar-refractivity contribution in [3.8, 4) is 0 Å². The lowest BCUT2D eigenvalue weighted by Gasteiger charge is -2.48. The van der Waals surface area contributed by atoms with Crippen LogP contribution in [0.5, 0.6) is 0 Å². The summed E-state index contributed by atoms with van der Waals surface area (Å²) < 4.78 is 14.9. The molecule has 1 saturated carbocycles. The molecule has 3 heterocycles. The molecule has 6 nitrogen and oxygen atoms in total. The highest BCUT2D eigenvalue weighted by Crippen LogP contribution is 2.44. The van der Waals surface area contributed by atoms with Gasteiger partial charge in [0.05, 0.1) is 29.0 Å². The molecule has 0 N–H and O–H groups in total. The fraction of sp³-hybridized carbons (Fsp3) is 0.643. The first kappa shape index (κ1) is 23.6. The van der Waals surface area contributed by atoms with E-state index in [4.69, 9.17) is 14.6 Å². The van der Waals surface area contributed by atoms with Crippen LogP contribution in [0, 0.1) is 0 Å². The molecule has 2 atom stereocenters. The molecular formula is C28H39N3O3. The van der Waals surface area contributed by atoms with Crippen molar-refractivity contribution in [1.82, 2.24) is 14.7 Å². The Balaban J connectivity index is 1.32. The van der Waals surface area contributed by atoms with E-state index < -0.39 is 0 Å². The second-order valence-electron chi connectivity index (χ2n) is 11.3. The number of carbonyl (C=O) groups excluding carboxylic acids is 1. The number of likely N-dealkylation sites (tertiary alicyclic amines) is 1. The van der Waals surface area contributed by atoms with Crippen LogP contribution in [0.25, 0.3) is 0 Å². The molecule has 34 heavy (non-hydrogen) atoms.